The fourth-order valence-corrected chi connectivity index (χ4v) is 2.93. The summed E-state index contributed by atoms with van der Waals surface area (Å²) in [4.78, 5) is 0. The van der Waals surface area contributed by atoms with Gasteiger partial charge in [-0.2, -0.15) is 0 Å². The number of hydrogen-bond acceptors (Lipinski definition) is 3. The van der Waals surface area contributed by atoms with Crippen LogP contribution in [0.2, 0.25) is 10.0 Å². The van der Waals surface area contributed by atoms with Crippen molar-refractivity contribution in [2.75, 3.05) is 7.11 Å². The van der Waals surface area contributed by atoms with E-state index >= 15 is 0 Å². The molecule has 1 aromatic heterocycles. The molecular weight excluding hydrogens is 337 g/mol. The van der Waals surface area contributed by atoms with Crippen LogP contribution in [-0.2, 0) is 11.3 Å². The van der Waals surface area contributed by atoms with Gasteiger partial charge in [0.1, 0.15) is 11.4 Å². The highest BCUT2D eigenvalue weighted by Crippen LogP contribution is 2.38. The Bertz CT molecular complexity index is 843. The van der Waals surface area contributed by atoms with Crippen LogP contribution in [0.4, 0.5) is 0 Å². The van der Waals surface area contributed by atoms with E-state index in [0.717, 1.165) is 11.1 Å². The van der Waals surface area contributed by atoms with Crippen molar-refractivity contribution in [3.8, 4) is 5.75 Å². The van der Waals surface area contributed by atoms with Gasteiger partial charge in [0.05, 0.1) is 5.52 Å². The van der Waals surface area contributed by atoms with Crippen LogP contribution in [0.1, 0.15) is 17.5 Å². The van der Waals surface area contributed by atoms with Gasteiger partial charge in [0.15, 0.2) is 6.29 Å². The van der Waals surface area contributed by atoms with Crippen molar-refractivity contribution < 1.29 is 14.9 Å². The third-order valence-electron chi connectivity index (χ3n) is 3.75. The summed E-state index contributed by atoms with van der Waals surface area (Å²) in [5.41, 5.74) is 2.03. The molecule has 2 N–H and O–H groups in total. The van der Waals surface area contributed by atoms with E-state index in [0.29, 0.717) is 27.7 Å². The second-order valence-corrected chi connectivity index (χ2v) is 6.07. The molecule has 0 saturated carbocycles. The van der Waals surface area contributed by atoms with Crippen LogP contribution in [0.25, 0.3) is 10.9 Å². The Balaban J connectivity index is 2.18. The summed E-state index contributed by atoms with van der Waals surface area (Å²) < 4.78 is 6.80. The predicted octanol–water partition coefficient (Wildman–Crippen LogP) is 4.34. The third kappa shape index (κ3) is 3.03. The van der Waals surface area contributed by atoms with Crippen LogP contribution < -0.4 is 0 Å². The molecular formula is C17H15Cl2NO3. The highest BCUT2D eigenvalue weighted by atomic mass is 35.5. The van der Waals surface area contributed by atoms with Gasteiger partial charge in [-0.25, -0.2) is 0 Å². The molecule has 0 bridgehead atoms. The van der Waals surface area contributed by atoms with Crippen LogP contribution in [0.15, 0.2) is 42.5 Å². The van der Waals surface area contributed by atoms with E-state index in [-0.39, 0.29) is 5.75 Å². The van der Waals surface area contributed by atoms with Crippen molar-refractivity contribution in [3.63, 3.8) is 0 Å². The molecule has 1 atom stereocenters. The summed E-state index contributed by atoms with van der Waals surface area (Å²) in [5.74, 6) is -0.0363. The van der Waals surface area contributed by atoms with E-state index < -0.39 is 6.29 Å². The van der Waals surface area contributed by atoms with E-state index in [1.54, 1.807) is 34.9 Å². The third-order valence-corrected chi connectivity index (χ3v) is 4.24. The molecule has 0 saturated heterocycles. The van der Waals surface area contributed by atoms with Crippen molar-refractivity contribution in [2.24, 2.45) is 0 Å². The smallest absolute Gasteiger partial charge is 0.200 e. The first-order valence-corrected chi connectivity index (χ1v) is 7.72. The van der Waals surface area contributed by atoms with Crippen LogP contribution in [-0.4, -0.2) is 21.9 Å². The Kier molecular flexibility index (Phi) is 4.50. The minimum absolute atomic E-state index is 0.0363. The van der Waals surface area contributed by atoms with Gasteiger partial charge in [-0.1, -0.05) is 35.3 Å². The average Bonchev–Trinajstić information content (AvgIpc) is 2.81. The first-order chi connectivity index (χ1) is 11.0. The number of aliphatic hydroxyl groups excluding tert-OH is 1. The van der Waals surface area contributed by atoms with Crippen molar-refractivity contribution in [3.05, 3.63) is 63.8 Å². The summed E-state index contributed by atoms with van der Waals surface area (Å²) in [7, 11) is 1.38. The Morgan fingerprint density at radius 1 is 1.09 bits per heavy atom. The molecule has 0 aliphatic heterocycles. The molecule has 3 rings (SSSR count). The Labute approximate surface area is 143 Å². The molecule has 6 heteroatoms. The lowest BCUT2D eigenvalue weighted by Crippen LogP contribution is -2.10. The van der Waals surface area contributed by atoms with Crippen LogP contribution in [0.3, 0.4) is 0 Å². The minimum Gasteiger partial charge on any atom is -0.505 e. The normalized spacial score (nSPS) is 12.7. The van der Waals surface area contributed by atoms with Gasteiger partial charge in [0, 0.05) is 29.1 Å². The van der Waals surface area contributed by atoms with E-state index in [2.05, 4.69) is 0 Å². The average molecular weight is 352 g/mol. The topological polar surface area (TPSA) is 54.6 Å². The molecule has 3 aromatic rings. The van der Waals surface area contributed by atoms with Gasteiger partial charge >= 0.3 is 0 Å². The van der Waals surface area contributed by atoms with Crippen molar-refractivity contribution in [1.29, 1.82) is 0 Å². The zero-order valence-corrected chi connectivity index (χ0v) is 13.8. The Morgan fingerprint density at radius 2 is 1.74 bits per heavy atom. The van der Waals surface area contributed by atoms with Crippen molar-refractivity contribution in [2.45, 2.75) is 12.8 Å². The molecule has 0 spiro atoms. The molecule has 1 unspecified atom stereocenters. The van der Waals surface area contributed by atoms with E-state index in [4.69, 9.17) is 27.9 Å². The van der Waals surface area contributed by atoms with E-state index in [1.165, 1.54) is 7.11 Å². The van der Waals surface area contributed by atoms with Crippen molar-refractivity contribution >= 4 is 34.1 Å². The summed E-state index contributed by atoms with van der Waals surface area (Å²) >= 11 is 11.9. The lowest BCUT2D eigenvalue weighted by atomic mass is 10.2. The van der Waals surface area contributed by atoms with Crippen LogP contribution >= 0.6 is 23.2 Å². The molecule has 120 valence electrons. The quantitative estimate of drug-likeness (QED) is 0.687. The molecule has 23 heavy (non-hydrogen) atoms. The standard InChI is InChI=1S/C17H15Cl2NO3/c1-23-17(22)15-16(21)13-8-12(19)6-7-14(13)20(15)9-10-2-4-11(18)5-3-10/h2-8,17,21-22H,9H2,1H3. The number of nitrogens with zero attached hydrogens (tertiary/aromatic N) is 1. The number of aromatic hydroxyl groups is 1. The number of aromatic nitrogens is 1. The predicted molar refractivity (Wildman–Crippen MR) is 91.1 cm³/mol. The number of fused-ring (bicyclic) bond motifs is 1. The number of methoxy groups -OCH3 is 1. The summed E-state index contributed by atoms with van der Waals surface area (Å²) in [5, 5.41) is 22.3. The number of ether oxygens (including phenoxy) is 1. The van der Waals surface area contributed by atoms with Gasteiger partial charge in [0.2, 0.25) is 0 Å². The maximum Gasteiger partial charge on any atom is 0.200 e. The van der Waals surface area contributed by atoms with Gasteiger partial charge in [-0.05, 0) is 35.9 Å². The Morgan fingerprint density at radius 3 is 2.39 bits per heavy atom. The lowest BCUT2D eigenvalue weighted by Gasteiger charge is -2.15. The number of halogens is 2. The molecule has 4 nitrogen and oxygen atoms in total. The number of hydrogen-bond donors (Lipinski definition) is 2. The summed E-state index contributed by atoms with van der Waals surface area (Å²) in [6.07, 6.45) is -1.24. The molecule has 0 radical (unpaired) electrons. The minimum atomic E-state index is -1.24. The first kappa shape index (κ1) is 16.1. The molecule has 2 aromatic carbocycles. The largest absolute Gasteiger partial charge is 0.505 e. The first-order valence-electron chi connectivity index (χ1n) is 6.97. The molecule has 0 aliphatic carbocycles. The fraction of sp³-hybridized carbons (Fsp3) is 0.176. The van der Waals surface area contributed by atoms with Gasteiger partial charge in [-0.15, -0.1) is 0 Å². The van der Waals surface area contributed by atoms with Gasteiger partial charge in [-0.3, -0.25) is 0 Å². The van der Waals surface area contributed by atoms with Gasteiger partial charge in [0.25, 0.3) is 0 Å². The lowest BCUT2D eigenvalue weighted by molar-refractivity contribution is -0.0827. The van der Waals surface area contributed by atoms with E-state index in [9.17, 15) is 10.2 Å². The maximum atomic E-state index is 10.5. The van der Waals surface area contributed by atoms with Crippen LogP contribution in [0.5, 0.6) is 5.75 Å². The molecule has 0 aliphatic rings. The van der Waals surface area contributed by atoms with E-state index in [1.807, 2.05) is 12.1 Å². The van der Waals surface area contributed by atoms with Crippen molar-refractivity contribution in [1.82, 2.24) is 4.57 Å². The number of benzene rings is 2. The Hall–Kier alpha value is -1.72. The molecule has 0 amide bonds. The monoisotopic (exact) mass is 351 g/mol. The summed E-state index contributed by atoms with van der Waals surface area (Å²) in [6.45, 7) is 0.450. The highest BCUT2D eigenvalue weighted by molar-refractivity contribution is 6.31. The summed E-state index contributed by atoms with van der Waals surface area (Å²) in [6, 6.07) is 12.6. The van der Waals surface area contributed by atoms with Crippen LogP contribution in [0, 0.1) is 0 Å². The molecule has 0 fully saturated rings. The van der Waals surface area contributed by atoms with Gasteiger partial charge < -0.3 is 19.5 Å². The zero-order chi connectivity index (χ0) is 16.6. The zero-order valence-electron chi connectivity index (χ0n) is 12.3. The second kappa shape index (κ2) is 6.42. The number of aliphatic hydroxyl groups is 1. The maximum absolute atomic E-state index is 10.5. The highest BCUT2D eigenvalue weighted by Gasteiger charge is 2.23. The SMILES string of the molecule is COC(O)c1c(O)c2cc(Cl)ccc2n1Cc1ccc(Cl)cc1. The number of rotatable bonds is 4. The molecule has 1 heterocycles. The second-order valence-electron chi connectivity index (χ2n) is 5.20. The fourth-order valence-electron chi connectivity index (χ4n) is 2.63.